The van der Waals surface area contributed by atoms with Crippen LogP contribution in [-0.4, -0.2) is 142 Å². The highest BCUT2D eigenvalue weighted by molar-refractivity contribution is 5.70. The Morgan fingerprint density at radius 3 is 1.30 bits per heavy atom. The first-order chi connectivity index (χ1) is 29.0. The zero-order valence-corrected chi connectivity index (χ0v) is 37.0. The maximum absolute atomic E-state index is 12.9. The van der Waals surface area contributed by atoms with Gasteiger partial charge in [0.25, 0.3) is 0 Å². The van der Waals surface area contributed by atoms with Crippen molar-refractivity contribution in [2.75, 3.05) is 26.4 Å². The number of carbonyl (C=O) groups is 2. The van der Waals surface area contributed by atoms with E-state index >= 15 is 0 Å². The van der Waals surface area contributed by atoms with Crippen LogP contribution in [0.15, 0.2) is 0 Å². The summed E-state index contributed by atoms with van der Waals surface area (Å²) in [6.07, 6.45) is 12.0. The third-order valence-corrected chi connectivity index (χ3v) is 11.6. The quantitative estimate of drug-likeness (QED) is 0.0315. The van der Waals surface area contributed by atoms with Gasteiger partial charge in [0.2, 0.25) is 0 Å². The zero-order chi connectivity index (χ0) is 44.0. The molecule has 15 nitrogen and oxygen atoms in total. The number of esters is 2. The van der Waals surface area contributed by atoms with E-state index in [2.05, 4.69) is 13.8 Å². The van der Waals surface area contributed by atoms with Crippen LogP contribution in [0.25, 0.3) is 0 Å². The predicted molar refractivity (Wildman–Crippen MR) is 225 cm³/mol. The molecular formula is C45H84O15. The van der Waals surface area contributed by atoms with E-state index in [1.54, 1.807) is 0 Å². The third-order valence-electron chi connectivity index (χ3n) is 11.6. The van der Waals surface area contributed by atoms with Gasteiger partial charge in [-0.2, -0.15) is 0 Å². The summed E-state index contributed by atoms with van der Waals surface area (Å²) < 4.78 is 33.3. The number of ether oxygens (including phenoxy) is 6. The van der Waals surface area contributed by atoms with Crippen LogP contribution in [0.1, 0.15) is 181 Å². The summed E-state index contributed by atoms with van der Waals surface area (Å²) in [6.45, 7) is 2.50. The van der Waals surface area contributed by atoms with Crippen molar-refractivity contribution in [3.8, 4) is 0 Å². The molecule has 0 aromatic rings. The molecule has 2 fully saturated rings. The van der Waals surface area contributed by atoms with Crippen molar-refractivity contribution < 1.29 is 73.8 Å². The van der Waals surface area contributed by atoms with Crippen LogP contribution in [-0.2, 0) is 38.0 Å². The number of aliphatic hydroxyl groups is 7. The normalized spacial score (nSPS) is 27.5. The highest BCUT2D eigenvalue weighted by Gasteiger charge is 2.47. The summed E-state index contributed by atoms with van der Waals surface area (Å²) in [5.41, 5.74) is 0. The van der Waals surface area contributed by atoms with Crippen LogP contribution in [0.3, 0.4) is 0 Å². The molecule has 15 heteroatoms. The van der Waals surface area contributed by atoms with Crippen molar-refractivity contribution in [3.63, 3.8) is 0 Å². The zero-order valence-electron chi connectivity index (χ0n) is 37.0. The molecule has 0 bridgehead atoms. The summed E-state index contributed by atoms with van der Waals surface area (Å²) in [5, 5.41) is 71.7. The number of hydrogen-bond acceptors (Lipinski definition) is 15. The molecule has 7 N–H and O–H groups in total. The molecule has 0 aliphatic carbocycles. The fourth-order valence-electron chi connectivity index (χ4n) is 7.63. The largest absolute Gasteiger partial charge is 0.462 e. The van der Waals surface area contributed by atoms with Crippen molar-refractivity contribution >= 4 is 11.9 Å². The molecule has 0 aromatic carbocycles. The number of unbranched alkanes of at least 4 members (excludes halogenated alkanes) is 22. The molecule has 0 saturated carbocycles. The molecule has 0 radical (unpaired) electrons. The number of aliphatic hydroxyl groups excluding tert-OH is 7. The van der Waals surface area contributed by atoms with Crippen molar-refractivity contribution in [1.29, 1.82) is 0 Å². The van der Waals surface area contributed by atoms with Crippen molar-refractivity contribution in [2.24, 2.45) is 0 Å². The van der Waals surface area contributed by atoms with Gasteiger partial charge in [-0.3, -0.25) is 9.59 Å². The van der Waals surface area contributed by atoms with E-state index in [0.29, 0.717) is 12.8 Å². The second-order valence-corrected chi connectivity index (χ2v) is 17.0. The molecule has 11 atom stereocenters. The fourth-order valence-corrected chi connectivity index (χ4v) is 7.63. The lowest BCUT2D eigenvalue weighted by atomic mass is 9.98. The van der Waals surface area contributed by atoms with E-state index in [4.69, 9.17) is 28.4 Å². The first-order valence-corrected chi connectivity index (χ1v) is 23.6. The molecule has 0 aromatic heterocycles. The lowest BCUT2D eigenvalue weighted by molar-refractivity contribution is -0.332. The maximum Gasteiger partial charge on any atom is 0.306 e. The summed E-state index contributed by atoms with van der Waals surface area (Å²) in [6, 6.07) is 0. The third kappa shape index (κ3) is 22.7. The van der Waals surface area contributed by atoms with Gasteiger partial charge < -0.3 is 64.2 Å². The Hall–Kier alpha value is -1.50. The average molecular weight is 865 g/mol. The van der Waals surface area contributed by atoms with Gasteiger partial charge in [-0.1, -0.05) is 155 Å². The first kappa shape index (κ1) is 54.6. The molecule has 0 spiro atoms. The van der Waals surface area contributed by atoms with Crippen molar-refractivity contribution in [1.82, 2.24) is 0 Å². The summed E-state index contributed by atoms with van der Waals surface area (Å²) in [7, 11) is 0. The molecule has 60 heavy (non-hydrogen) atoms. The van der Waals surface area contributed by atoms with E-state index in [9.17, 15) is 45.3 Å². The van der Waals surface area contributed by atoms with Crippen LogP contribution < -0.4 is 0 Å². The number of carbonyl (C=O) groups excluding carboxylic acids is 2. The molecule has 2 saturated heterocycles. The van der Waals surface area contributed by atoms with E-state index in [-0.39, 0.29) is 26.1 Å². The second-order valence-electron chi connectivity index (χ2n) is 17.0. The standard InChI is InChI=1S/C45H84O15/c1-3-5-7-9-10-11-12-13-14-15-16-17-18-19-20-21-22-24-26-28-37(48)58-33(30-55-36(47)27-25-23-8-6-4-2)31-56-44-43(54)41(52)39(50)35(60-44)32-57-45-42(53)40(51)38(49)34(29-46)59-45/h33-35,38-46,49-54H,3-32H2,1-2H3. The summed E-state index contributed by atoms with van der Waals surface area (Å²) >= 11 is 0. The molecule has 2 aliphatic rings. The maximum atomic E-state index is 12.9. The SMILES string of the molecule is CCCCCCCCCCCCCCCCCCCCCC(=O)OC(COC(=O)CCCCCCC)COC1OC(COC2OC(CO)C(O)C(O)C2O)C(O)C(O)C1O. The molecule has 2 heterocycles. The second kappa shape index (κ2) is 34.0. The highest BCUT2D eigenvalue weighted by atomic mass is 16.7. The minimum atomic E-state index is -1.76. The Morgan fingerprint density at radius 2 is 0.850 bits per heavy atom. The topological polar surface area (TPSA) is 231 Å². The predicted octanol–water partition coefficient (Wildman–Crippen LogP) is 5.26. The van der Waals surface area contributed by atoms with Gasteiger partial charge in [-0.25, -0.2) is 0 Å². The van der Waals surface area contributed by atoms with Crippen LogP contribution in [0, 0.1) is 0 Å². The monoisotopic (exact) mass is 865 g/mol. The number of hydrogen-bond donors (Lipinski definition) is 7. The summed E-state index contributed by atoms with van der Waals surface area (Å²) in [5.74, 6) is -0.929. The Kier molecular flexibility index (Phi) is 30.9. The molecule has 2 aliphatic heterocycles. The van der Waals surface area contributed by atoms with E-state index in [0.717, 1.165) is 44.9 Å². The average Bonchev–Trinajstić information content (AvgIpc) is 3.24. The van der Waals surface area contributed by atoms with Crippen LogP contribution in [0.5, 0.6) is 0 Å². The van der Waals surface area contributed by atoms with Crippen molar-refractivity contribution in [3.05, 3.63) is 0 Å². The fraction of sp³-hybridized carbons (Fsp3) is 0.956. The minimum absolute atomic E-state index is 0.172. The Balaban J connectivity index is 1.75. The summed E-state index contributed by atoms with van der Waals surface area (Å²) in [4.78, 5) is 25.4. The van der Waals surface area contributed by atoms with Crippen molar-refractivity contribution in [2.45, 2.75) is 248 Å². The van der Waals surface area contributed by atoms with Gasteiger partial charge in [0.1, 0.15) is 55.4 Å². The molecular weight excluding hydrogens is 780 g/mol. The Morgan fingerprint density at radius 1 is 0.467 bits per heavy atom. The molecule has 0 amide bonds. The molecule has 11 unspecified atom stereocenters. The Bertz CT molecular complexity index is 1070. The van der Waals surface area contributed by atoms with Gasteiger partial charge in [-0.15, -0.1) is 0 Å². The lowest BCUT2D eigenvalue weighted by Crippen LogP contribution is -2.61. The van der Waals surface area contributed by atoms with E-state index in [1.807, 2.05) is 0 Å². The van der Waals surface area contributed by atoms with Crippen LogP contribution >= 0.6 is 0 Å². The smallest absolute Gasteiger partial charge is 0.306 e. The highest BCUT2D eigenvalue weighted by Crippen LogP contribution is 2.26. The van der Waals surface area contributed by atoms with Gasteiger partial charge in [0.15, 0.2) is 18.7 Å². The first-order valence-electron chi connectivity index (χ1n) is 23.6. The van der Waals surface area contributed by atoms with Gasteiger partial charge in [-0.05, 0) is 12.8 Å². The van der Waals surface area contributed by atoms with E-state index < -0.39 is 92.7 Å². The number of rotatable bonds is 36. The van der Waals surface area contributed by atoms with Gasteiger partial charge in [0.05, 0.1) is 19.8 Å². The van der Waals surface area contributed by atoms with Gasteiger partial charge >= 0.3 is 11.9 Å². The van der Waals surface area contributed by atoms with Crippen LogP contribution in [0.4, 0.5) is 0 Å². The lowest BCUT2D eigenvalue weighted by Gasteiger charge is -2.42. The molecule has 354 valence electrons. The van der Waals surface area contributed by atoms with Gasteiger partial charge in [0, 0.05) is 12.8 Å². The van der Waals surface area contributed by atoms with E-state index in [1.165, 1.54) is 96.3 Å². The molecule has 2 rings (SSSR count). The minimum Gasteiger partial charge on any atom is -0.462 e. The van der Waals surface area contributed by atoms with Crippen LogP contribution in [0.2, 0.25) is 0 Å². The Labute approximate surface area is 359 Å².